The highest BCUT2D eigenvalue weighted by Gasteiger charge is 2.08. The molecule has 0 saturated carbocycles. The number of amides is 1. The van der Waals surface area contributed by atoms with Crippen LogP contribution in [0.15, 0.2) is 47.2 Å². The molecule has 1 aromatic heterocycles. The molecule has 0 radical (unpaired) electrons. The number of nitrogens with zero attached hydrogens (tertiary/aromatic N) is 2. The van der Waals surface area contributed by atoms with E-state index in [2.05, 4.69) is 26.5 Å². The number of rotatable bonds is 2. The van der Waals surface area contributed by atoms with Crippen LogP contribution >= 0.6 is 15.9 Å². The molecule has 1 N–H and O–H groups in total. The smallest absolute Gasteiger partial charge is 0.267 e. The normalized spacial score (nSPS) is 9.93. The SMILES string of the molecule is O=C(Nn1cccn1)c1ccccc1Br. The summed E-state index contributed by atoms with van der Waals surface area (Å²) in [5.41, 5.74) is 3.19. The molecule has 4 nitrogen and oxygen atoms in total. The van der Waals surface area contributed by atoms with E-state index in [0.717, 1.165) is 4.47 Å². The van der Waals surface area contributed by atoms with Crippen molar-refractivity contribution in [1.29, 1.82) is 0 Å². The third kappa shape index (κ3) is 2.24. The van der Waals surface area contributed by atoms with Crippen LogP contribution in [0.25, 0.3) is 0 Å². The molecule has 1 aromatic carbocycles. The first-order chi connectivity index (χ1) is 7.27. The molecule has 2 aromatic rings. The van der Waals surface area contributed by atoms with Crippen molar-refractivity contribution in [3.8, 4) is 0 Å². The maximum absolute atomic E-state index is 11.7. The quantitative estimate of drug-likeness (QED) is 0.904. The number of hydrogen-bond donors (Lipinski definition) is 1. The van der Waals surface area contributed by atoms with Crippen molar-refractivity contribution in [3.05, 3.63) is 52.8 Å². The van der Waals surface area contributed by atoms with Gasteiger partial charge in [0.1, 0.15) is 0 Å². The summed E-state index contributed by atoms with van der Waals surface area (Å²) in [5.74, 6) is -0.203. The van der Waals surface area contributed by atoms with Crippen molar-refractivity contribution in [2.45, 2.75) is 0 Å². The highest BCUT2D eigenvalue weighted by molar-refractivity contribution is 9.10. The Hall–Kier alpha value is -1.62. The molecule has 15 heavy (non-hydrogen) atoms. The zero-order valence-corrected chi connectivity index (χ0v) is 9.31. The summed E-state index contributed by atoms with van der Waals surface area (Å²) in [6.07, 6.45) is 3.26. The third-order valence-electron chi connectivity index (χ3n) is 1.84. The van der Waals surface area contributed by atoms with E-state index in [9.17, 15) is 4.79 Å². The van der Waals surface area contributed by atoms with E-state index in [-0.39, 0.29) is 5.91 Å². The standard InChI is InChI=1S/C10H8BrN3O/c11-9-5-2-1-4-8(9)10(15)13-14-7-3-6-12-14/h1-7H,(H,13,15). The summed E-state index contributed by atoms with van der Waals surface area (Å²) >= 11 is 3.31. The number of carbonyl (C=O) groups is 1. The van der Waals surface area contributed by atoms with Crippen molar-refractivity contribution in [2.75, 3.05) is 5.43 Å². The highest BCUT2D eigenvalue weighted by atomic mass is 79.9. The van der Waals surface area contributed by atoms with E-state index in [4.69, 9.17) is 0 Å². The monoisotopic (exact) mass is 265 g/mol. The minimum atomic E-state index is -0.203. The van der Waals surface area contributed by atoms with Gasteiger partial charge in [0.25, 0.3) is 5.91 Å². The number of carbonyl (C=O) groups excluding carboxylic acids is 1. The van der Waals surface area contributed by atoms with Crippen LogP contribution in [0.2, 0.25) is 0 Å². The minimum Gasteiger partial charge on any atom is -0.267 e. The Morgan fingerprint density at radius 3 is 2.80 bits per heavy atom. The molecule has 0 fully saturated rings. The summed E-state index contributed by atoms with van der Waals surface area (Å²) in [6, 6.07) is 8.96. The van der Waals surface area contributed by atoms with E-state index in [1.54, 1.807) is 24.5 Å². The van der Waals surface area contributed by atoms with Gasteiger partial charge in [-0.25, -0.2) is 5.43 Å². The molecule has 0 aliphatic heterocycles. The topological polar surface area (TPSA) is 46.9 Å². The lowest BCUT2D eigenvalue weighted by atomic mass is 10.2. The third-order valence-corrected chi connectivity index (χ3v) is 2.53. The molecule has 0 aliphatic carbocycles. The number of benzene rings is 1. The van der Waals surface area contributed by atoms with E-state index < -0.39 is 0 Å². The van der Waals surface area contributed by atoms with Gasteiger partial charge in [-0.15, -0.1) is 0 Å². The van der Waals surface area contributed by atoms with Gasteiger partial charge in [0.05, 0.1) is 11.8 Å². The second-order valence-corrected chi connectivity index (χ2v) is 3.73. The van der Waals surface area contributed by atoms with Crippen LogP contribution in [0.4, 0.5) is 0 Å². The average Bonchev–Trinajstić information content (AvgIpc) is 2.71. The molecule has 0 atom stereocenters. The highest BCUT2D eigenvalue weighted by Crippen LogP contribution is 2.15. The second-order valence-electron chi connectivity index (χ2n) is 2.87. The number of hydrogen-bond acceptors (Lipinski definition) is 2. The van der Waals surface area contributed by atoms with Gasteiger partial charge in [0.2, 0.25) is 0 Å². The fourth-order valence-electron chi connectivity index (χ4n) is 1.14. The first kappa shape index (κ1) is 9.92. The summed E-state index contributed by atoms with van der Waals surface area (Å²) in [5, 5.41) is 3.88. The van der Waals surface area contributed by atoms with Crippen molar-refractivity contribution < 1.29 is 4.79 Å². The summed E-state index contributed by atoms with van der Waals surface area (Å²) in [7, 11) is 0. The predicted molar refractivity (Wildman–Crippen MR) is 60.1 cm³/mol. The van der Waals surface area contributed by atoms with Crippen LogP contribution in [0.1, 0.15) is 10.4 Å². The van der Waals surface area contributed by atoms with Gasteiger partial charge in [0.15, 0.2) is 0 Å². The Balaban J connectivity index is 2.19. The fraction of sp³-hybridized carbons (Fsp3) is 0. The van der Waals surface area contributed by atoms with E-state index in [0.29, 0.717) is 5.56 Å². The van der Waals surface area contributed by atoms with E-state index in [1.165, 1.54) is 4.79 Å². The number of aromatic nitrogens is 2. The molecule has 0 unspecified atom stereocenters. The van der Waals surface area contributed by atoms with E-state index >= 15 is 0 Å². The molecule has 0 bridgehead atoms. The Bertz CT molecular complexity index is 467. The van der Waals surface area contributed by atoms with Gasteiger partial charge in [-0.2, -0.15) is 9.89 Å². The predicted octanol–water partition coefficient (Wildman–Crippen LogP) is 2.03. The molecular weight excluding hydrogens is 258 g/mol. The fourth-order valence-corrected chi connectivity index (χ4v) is 1.61. The van der Waals surface area contributed by atoms with Gasteiger partial charge in [-0.1, -0.05) is 12.1 Å². The Morgan fingerprint density at radius 2 is 2.13 bits per heavy atom. The first-order valence-electron chi connectivity index (χ1n) is 4.33. The molecule has 5 heteroatoms. The molecule has 0 aliphatic rings. The summed E-state index contributed by atoms with van der Waals surface area (Å²) in [6.45, 7) is 0. The average molecular weight is 266 g/mol. The van der Waals surface area contributed by atoms with Gasteiger partial charge >= 0.3 is 0 Å². The lowest BCUT2D eigenvalue weighted by Crippen LogP contribution is -2.23. The molecule has 1 amide bonds. The van der Waals surface area contributed by atoms with Crippen LogP contribution in [-0.2, 0) is 0 Å². The van der Waals surface area contributed by atoms with Gasteiger partial charge in [0, 0.05) is 10.7 Å². The van der Waals surface area contributed by atoms with Crippen molar-refractivity contribution in [3.63, 3.8) is 0 Å². The van der Waals surface area contributed by atoms with Crippen LogP contribution in [0.5, 0.6) is 0 Å². The van der Waals surface area contributed by atoms with Crippen molar-refractivity contribution >= 4 is 21.8 Å². The molecular formula is C10H8BrN3O. The van der Waals surface area contributed by atoms with Gasteiger partial charge < -0.3 is 0 Å². The molecule has 76 valence electrons. The van der Waals surface area contributed by atoms with Crippen molar-refractivity contribution in [1.82, 2.24) is 9.89 Å². The van der Waals surface area contributed by atoms with Crippen molar-refractivity contribution in [2.24, 2.45) is 0 Å². The lowest BCUT2D eigenvalue weighted by Gasteiger charge is -2.05. The first-order valence-corrected chi connectivity index (χ1v) is 5.12. The van der Waals surface area contributed by atoms with Gasteiger partial charge in [-0.05, 0) is 34.1 Å². The molecule has 0 spiro atoms. The maximum Gasteiger partial charge on any atom is 0.272 e. The largest absolute Gasteiger partial charge is 0.272 e. The number of nitrogens with one attached hydrogen (secondary N) is 1. The molecule has 1 heterocycles. The maximum atomic E-state index is 11.7. The van der Waals surface area contributed by atoms with Gasteiger partial charge in [-0.3, -0.25) is 4.79 Å². The summed E-state index contributed by atoms with van der Waals surface area (Å²) < 4.78 is 0.759. The van der Waals surface area contributed by atoms with E-state index in [1.807, 2.05) is 18.2 Å². The Kier molecular flexibility index (Phi) is 2.82. The molecule has 0 saturated heterocycles. The minimum absolute atomic E-state index is 0.203. The lowest BCUT2D eigenvalue weighted by molar-refractivity contribution is 0.100. The Morgan fingerprint density at radius 1 is 1.33 bits per heavy atom. The summed E-state index contributed by atoms with van der Waals surface area (Å²) in [4.78, 5) is 13.1. The zero-order chi connectivity index (χ0) is 10.7. The van der Waals surface area contributed by atoms with Crippen LogP contribution < -0.4 is 5.43 Å². The second kappa shape index (κ2) is 4.27. The zero-order valence-electron chi connectivity index (χ0n) is 7.72. The molecule has 2 rings (SSSR count). The van der Waals surface area contributed by atoms with Crippen LogP contribution in [0, 0.1) is 0 Å². The number of halogens is 1. The van der Waals surface area contributed by atoms with Crippen LogP contribution in [0.3, 0.4) is 0 Å². The Labute approximate surface area is 95.0 Å². The van der Waals surface area contributed by atoms with Crippen LogP contribution in [-0.4, -0.2) is 15.8 Å².